The van der Waals surface area contributed by atoms with Gasteiger partial charge in [-0.15, -0.1) is 0 Å². The molecular weight excluding hydrogens is 385 g/mol. The predicted octanol–water partition coefficient (Wildman–Crippen LogP) is 4.37. The molecule has 2 aromatic carbocycles. The lowest BCUT2D eigenvalue weighted by Gasteiger charge is -2.21. The quantitative estimate of drug-likeness (QED) is 0.812. The summed E-state index contributed by atoms with van der Waals surface area (Å²) in [5.74, 6) is -0.321. The molecule has 2 aromatic rings. The van der Waals surface area contributed by atoms with Crippen molar-refractivity contribution in [3.8, 4) is 6.07 Å². The summed E-state index contributed by atoms with van der Waals surface area (Å²) >= 11 is 3.48. The van der Waals surface area contributed by atoms with Gasteiger partial charge in [0.05, 0.1) is 17.7 Å². The first-order valence-corrected chi connectivity index (χ1v) is 8.77. The molecule has 4 nitrogen and oxygen atoms in total. The Kier molecular flexibility index (Phi) is 5.05. The van der Waals surface area contributed by atoms with E-state index < -0.39 is 0 Å². The highest BCUT2D eigenvalue weighted by molar-refractivity contribution is 9.10. The lowest BCUT2D eigenvalue weighted by Crippen LogP contribution is -2.28. The van der Waals surface area contributed by atoms with Gasteiger partial charge in [0.1, 0.15) is 5.82 Å². The van der Waals surface area contributed by atoms with E-state index in [0.717, 1.165) is 21.3 Å². The van der Waals surface area contributed by atoms with Gasteiger partial charge < -0.3 is 10.2 Å². The van der Waals surface area contributed by atoms with Gasteiger partial charge in [0.2, 0.25) is 5.91 Å². The summed E-state index contributed by atoms with van der Waals surface area (Å²) in [6, 6.07) is 12.1. The smallest absolute Gasteiger partial charge is 0.219 e. The topological polar surface area (TPSA) is 56.1 Å². The molecule has 0 radical (unpaired) electrons. The molecule has 1 aliphatic heterocycles. The lowest BCUT2D eigenvalue weighted by atomic mass is 9.98. The summed E-state index contributed by atoms with van der Waals surface area (Å²) in [6.45, 7) is 2.54. The van der Waals surface area contributed by atoms with Crippen molar-refractivity contribution < 1.29 is 9.18 Å². The van der Waals surface area contributed by atoms with Crippen LogP contribution < -0.4 is 5.32 Å². The Morgan fingerprint density at radius 3 is 2.84 bits per heavy atom. The molecule has 0 aromatic heterocycles. The highest BCUT2D eigenvalue weighted by Crippen LogP contribution is 2.33. The SMILES string of the molecule is CC(=O)N1CCC(Nc2ccc(C#N)cc2Br)c2ccc(F)cc2C1. The molecule has 1 N–H and O–H groups in total. The van der Waals surface area contributed by atoms with Crippen molar-refractivity contribution in [3.05, 3.63) is 63.4 Å². The van der Waals surface area contributed by atoms with E-state index in [1.54, 1.807) is 23.1 Å². The second-order valence-corrected chi connectivity index (χ2v) is 6.93. The molecule has 1 heterocycles. The third-order valence-corrected chi connectivity index (χ3v) is 5.06. The Morgan fingerprint density at radius 1 is 1.36 bits per heavy atom. The third kappa shape index (κ3) is 3.83. The highest BCUT2D eigenvalue weighted by atomic mass is 79.9. The van der Waals surface area contributed by atoms with Crippen LogP contribution in [0, 0.1) is 17.1 Å². The number of rotatable bonds is 2. The number of nitrogens with one attached hydrogen (secondary N) is 1. The number of carbonyl (C=O) groups is 1. The predicted molar refractivity (Wildman–Crippen MR) is 97.3 cm³/mol. The molecule has 1 amide bonds. The molecule has 1 atom stereocenters. The maximum atomic E-state index is 13.7. The molecule has 6 heteroatoms. The van der Waals surface area contributed by atoms with E-state index in [4.69, 9.17) is 5.26 Å². The van der Waals surface area contributed by atoms with Crippen LogP contribution >= 0.6 is 15.9 Å². The molecule has 0 fully saturated rings. The highest BCUT2D eigenvalue weighted by Gasteiger charge is 2.24. The van der Waals surface area contributed by atoms with Gasteiger partial charge in [-0.25, -0.2) is 4.39 Å². The number of amides is 1. The van der Waals surface area contributed by atoms with Gasteiger partial charge in [-0.3, -0.25) is 4.79 Å². The average molecular weight is 402 g/mol. The monoisotopic (exact) mass is 401 g/mol. The number of carbonyl (C=O) groups excluding carboxylic acids is 1. The molecule has 0 saturated carbocycles. The maximum absolute atomic E-state index is 13.7. The van der Waals surface area contributed by atoms with Crippen molar-refractivity contribution in [1.82, 2.24) is 4.90 Å². The molecule has 0 saturated heterocycles. The number of benzene rings is 2. The fourth-order valence-corrected chi connectivity index (χ4v) is 3.58. The van der Waals surface area contributed by atoms with Gasteiger partial charge in [0.15, 0.2) is 0 Å². The van der Waals surface area contributed by atoms with E-state index in [-0.39, 0.29) is 17.8 Å². The summed E-state index contributed by atoms with van der Waals surface area (Å²) in [6.07, 6.45) is 0.713. The fourth-order valence-electron chi connectivity index (χ4n) is 3.08. The number of halogens is 2. The number of hydrogen-bond donors (Lipinski definition) is 1. The van der Waals surface area contributed by atoms with Gasteiger partial charge in [0.25, 0.3) is 0 Å². The number of anilines is 1. The molecule has 1 unspecified atom stereocenters. The molecule has 25 heavy (non-hydrogen) atoms. The van der Waals surface area contributed by atoms with Crippen LogP contribution in [0.5, 0.6) is 0 Å². The standard InChI is InChI=1S/C19H17BrFN3O/c1-12(25)24-7-6-18(16-4-3-15(21)9-14(16)11-24)23-19-5-2-13(10-22)8-17(19)20/h2-5,8-9,18,23H,6-7,11H2,1H3. The molecule has 0 bridgehead atoms. The van der Waals surface area contributed by atoms with Crippen LogP contribution in [0.3, 0.4) is 0 Å². The molecule has 0 aliphatic carbocycles. The van der Waals surface area contributed by atoms with Crippen molar-refractivity contribution >= 4 is 27.5 Å². The Morgan fingerprint density at radius 2 is 2.16 bits per heavy atom. The summed E-state index contributed by atoms with van der Waals surface area (Å²) in [4.78, 5) is 13.5. The van der Waals surface area contributed by atoms with Crippen LogP contribution in [-0.4, -0.2) is 17.4 Å². The van der Waals surface area contributed by atoms with Gasteiger partial charge in [0, 0.05) is 30.2 Å². The van der Waals surface area contributed by atoms with E-state index in [1.807, 2.05) is 6.07 Å². The molecule has 128 valence electrons. The second-order valence-electron chi connectivity index (χ2n) is 6.08. The van der Waals surface area contributed by atoms with E-state index in [1.165, 1.54) is 19.1 Å². The summed E-state index contributed by atoms with van der Waals surface area (Å²) in [5, 5.41) is 12.4. The zero-order valence-electron chi connectivity index (χ0n) is 13.7. The first-order valence-electron chi connectivity index (χ1n) is 7.98. The zero-order valence-corrected chi connectivity index (χ0v) is 15.3. The summed E-state index contributed by atoms with van der Waals surface area (Å²) in [5.41, 5.74) is 3.23. The second kappa shape index (κ2) is 7.24. The van der Waals surface area contributed by atoms with Crippen LogP contribution in [0.25, 0.3) is 0 Å². The van der Waals surface area contributed by atoms with Crippen LogP contribution in [0.15, 0.2) is 40.9 Å². The Hall–Kier alpha value is -2.39. The number of fused-ring (bicyclic) bond motifs is 1. The first kappa shape index (κ1) is 17.4. The molecule has 0 spiro atoms. The first-order chi connectivity index (χ1) is 12.0. The Balaban J connectivity index is 1.94. The average Bonchev–Trinajstić information content (AvgIpc) is 2.76. The van der Waals surface area contributed by atoms with Gasteiger partial charge in [-0.05, 0) is 63.8 Å². The van der Waals surface area contributed by atoms with Crippen molar-refractivity contribution in [2.45, 2.75) is 25.9 Å². The number of nitrogens with zero attached hydrogens (tertiary/aromatic N) is 2. The van der Waals surface area contributed by atoms with Crippen LogP contribution in [0.4, 0.5) is 10.1 Å². The molecule has 3 rings (SSSR count). The number of hydrogen-bond acceptors (Lipinski definition) is 3. The van der Waals surface area contributed by atoms with Gasteiger partial charge in [-0.1, -0.05) is 6.07 Å². The summed E-state index contributed by atoms with van der Waals surface area (Å²) < 4.78 is 14.5. The van der Waals surface area contributed by atoms with Crippen molar-refractivity contribution in [2.24, 2.45) is 0 Å². The minimum Gasteiger partial charge on any atom is -0.377 e. The normalized spacial score (nSPS) is 16.6. The van der Waals surface area contributed by atoms with E-state index in [0.29, 0.717) is 25.1 Å². The third-order valence-electron chi connectivity index (χ3n) is 4.40. The van der Waals surface area contributed by atoms with Crippen LogP contribution in [0.2, 0.25) is 0 Å². The van der Waals surface area contributed by atoms with E-state index in [9.17, 15) is 9.18 Å². The Labute approximate surface area is 154 Å². The molecule has 1 aliphatic rings. The largest absolute Gasteiger partial charge is 0.377 e. The van der Waals surface area contributed by atoms with Crippen molar-refractivity contribution in [3.63, 3.8) is 0 Å². The number of nitriles is 1. The lowest BCUT2D eigenvalue weighted by molar-refractivity contribution is -0.129. The van der Waals surface area contributed by atoms with Crippen molar-refractivity contribution in [2.75, 3.05) is 11.9 Å². The summed E-state index contributed by atoms with van der Waals surface area (Å²) in [7, 11) is 0. The minimum absolute atomic E-state index is 0.0181. The minimum atomic E-state index is -0.303. The fraction of sp³-hybridized carbons (Fsp3) is 0.263. The van der Waals surface area contributed by atoms with Gasteiger partial charge >= 0.3 is 0 Å². The van der Waals surface area contributed by atoms with Crippen molar-refractivity contribution in [1.29, 1.82) is 5.26 Å². The van der Waals surface area contributed by atoms with Crippen LogP contribution in [0.1, 0.15) is 36.1 Å². The van der Waals surface area contributed by atoms with Gasteiger partial charge in [-0.2, -0.15) is 5.26 Å². The van der Waals surface area contributed by atoms with E-state index in [2.05, 4.69) is 27.3 Å². The van der Waals surface area contributed by atoms with E-state index >= 15 is 0 Å². The maximum Gasteiger partial charge on any atom is 0.219 e. The Bertz CT molecular complexity index is 862. The van der Waals surface area contributed by atoms with Crippen LogP contribution in [-0.2, 0) is 11.3 Å². The molecular formula is C19H17BrFN3O. The zero-order chi connectivity index (χ0) is 18.0.